The first-order valence-electron chi connectivity index (χ1n) is 7.50. The van der Waals surface area contributed by atoms with Crippen molar-refractivity contribution in [3.05, 3.63) is 58.9 Å². The van der Waals surface area contributed by atoms with Crippen LogP contribution in [-0.4, -0.2) is 24.6 Å². The second-order valence-electron chi connectivity index (χ2n) is 5.36. The molecule has 2 rings (SSSR count). The number of benzene rings is 2. The number of nitrogens with one attached hydrogen (secondary N) is 1. The molecule has 0 saturated heterocycles. The first-order chi connectivity index (χ1) is 11.8. The lowest BCUT2D eigenvalue weighted by Crippen LogP contribution is -2.29. The minimum Gasteiger partial charge on any atom is -0.479 e. The van der Waals surface area contributed by atoms with Crippen LogP contribution in [0.15, 0.2) is 42.5 Å². The van der Waals surface area contributed by atoms with E-state index < -0.39 is 30.4 Å². The predicted octanol–water partition coefficient (Wildman–Crippen LogP) is 3.74. The molecule has 132 valence electrons. The molecule has 0 aliphatic carbocycles. The van der Waals surface area contributed by atoms with Crippen molar-refractivity contribution >= 4 is 29.2 Å². The third kappa shape index (κ3) is 5.76. The predicted molar refractivity (Wildman–Crippen MR) is 92.3 cm³/mol. The fourth-order valence-corrected chi connectivity index (χ4v) is 2.15. The van der Waals surface area contributed by atoms with E-state index in [1.807, 2.05) is 13.0 Å². The standard InChI is InChI=1S/C18H17ClFNO4/c1-11-4-3-5-14(8-11)25-12(2)18(23)24-10-17(22)21-16-9-13(19)6-7-15(16)20/h3-9,12H,10H2,1-2H3,(H,21,22)/t12-/m1/s1. The Morgan fingerprint density at radius 2 is 2.00 bits per heavy atom. The minimum atomic E-state index is -0.891. The first-order valence-corrected chi connectivity index (χ1v) is 7.88. The second kappa shape index (κ2) is 8.48. The molecule has 0 aliphatic rings. The van der Waals surface area contributed by atoms with Gasteiger partial charge in [-0.15, -0.1) is 0 Å². The van der Waals surface area contributed by atoms with Crippen molar-refractivity contribution in [1.29, 1.82) is 0 Å². The summed E-state index contributed by atoms with van der Waals surface area (Å²) in [6, 6.07) is 10.9. The monoisotopic (exact) mass is 365 g/mol. The number of hydrogen-bond donors (Lipinski definition) is 1. The van der Waals surface area contributed by atoms with Crippen molar-refractivity contribution < 1.29 is 23.5 Å². The van der Waals surface area contributed by atoms with Crippen LogP contribution in [-0.2, 0) is 14.3 Å². The summed E-state index contributed by atoms with van der Waals surface area (Å²) in [5.41, 5.74) is 0.901. The van der Waals surface area contributed by atoms with Gasteiger partial charge in [-0.05, 0) is 49.7 Å². The summed E-state index contributed by atoms with van der Waals surface area (Å²) >= 11 is 5.74. The number of esters is 1. The normalized spacial score (nSPS) is 11.5. The van der Waals surface area contributed by atoms with Crippen LogP contribution in [0.2, 0.25) is 5.02 Å². The molecule has 0 fully saturated rings. The van der Waals surface area contributed by atoms with Crippen LogP contribution < -0.4 is 10.1 Å². The van der Waals surface area contributed by atoms with Gasteiger partial charge in [0.15, 0.2) is 12.7 Å². The van der Waals surface area contributed by atoms with E-state index in [1.165, 1.54) is 19.1 Å². The molecule has 25 heavy (non-hydrogen) atoms. The molecular weight excluding hydrogens is 349 g/mol. The van der Waals surface area contributed by atoms with E-state index >= 15 is 0 Å². The molecule has 0 aromatic heterocycles. The smallest absolute Gasteiger partial charge is 0.347 e. The van der Waals surface area contributed by atoms with Crippen molar-refractivity contribution in [2.75, 3.05) is 11.9 Å². The summed E-state index contributed by atoms with van der Waals surface area (Å²) in [6.45, 7) is 2.85. The van der Waals surface area contributed by atoms with Gasteiger partial charge in [0.25, 0.3) is 5.91 Å². The molecule has 2 aromatic carbocycles. The Morgan fingerprint density at radius 1 is 1.24 bits per heavy atom. The molecular formula is C18H17ClFNO4. The van der Waals surface area contributed by atoms with Gasteiger partial charge in [0.1, 0.15) is 11.6 Å². The zero-order valence-electron chi connectivity index (χ0n) is 13.7. The Balaban J connectivity index is 1.84. The van der Waals surface area contributed by atoms with Crippen molar-refractivity contribution in [2.24, 2.45) is 0 Å². The highest BCUT2D eigenvalue weighted by atomic mass is 35.5. The molecule has 1 N–H and O–H groups in total. The molecule has 0 spiro atoms. The number of rotatable bonds is 6. The van der Waals surface area contributed by atoms with Gasteiger partial charge >= 0.3 is 5.97 Å². The molecule has 0 heterocycles. The van der Waals surface area contributed by atoms with Crippen molar-refractivity contribution in [1.82, 2.24) is 0 Å². The maximum absolute atomic E-state index is 13.5. The Bertz CT molecular complexity index is 781. The Hall–Kier alpha value is -2.60. The van der Waals surface area contributed by atoms with Gasteiger partial charge in [0.2, 0.25) is 0 Å². The number of halogens is 2. The fourth-order valence-electron chi connectivity index (χ4n) is 1.97. The molecule has 0 aliphatic heterocycles. The number of carbonyl (C=O) groups is 2. The summed E-state index contributed by atoms with van der Waals surface area (Å²) in [5, 5.41) is 2.56. The maximum atomic E-state index is 13.5. The highest BCUT2D eigenvalue weighted by molar-refractivity contribution is 6.30. The maximum Gasteiger partial charge on any atom is 0.347 e. The lowest BCUT2D eigenvalue weighted by Gasteiger charge is -2.14. The van der Waals surface area contributed by atoms with Crippen LogP contribution in [0.1, 0.15) is 12.5 Å². The van der Waals surface area contributed by atoms with E-state index in [-0.39, 0.29) is 10.7 Å². The molecule has 1 atom stereocenters. The van der Waals surface area contributed by atoms with Gasteiger partial charge in [0.05, 0.1) is 5.69 Å². The summed E-state index contributed by atoms with van der Waals surface area (Å²) in [4.78, 5) is 23.7. The highest BCUT2D eigenvalue weighted by Gasteiger charge is 2.18. The average molecular weight is 366 g/mol. The summed E-state index contributed by atoms with van der Waals surface area (Å²) in [7, 11) is 0. The van der Waals surface area contributed by atoms with Crippen LogP contribution in [0, 0.1) is 12.7 Å². The van der Waals surface area contributed by atoms with Crippen LogP contribution in [0.3, 0.4) is 0 Å². The molecule has 0 radical (unpaired) electrons. The van der Waals surface area contributed by atoms with Crippen LogP contribution in [0.5, 0.6) is 5.75 Å². The lowest BCUT2D eigenvalue weighted by molar-refractivity contribution is -0.153. The molecule has 0 bridgehead atoms. The molecule has 7 heteroatoms. The third-order valence-corrected chi connectivity index (χ3v) is 3.42. The molecule has 1 amide bonds. The number of carbonyl (C=O) groups excluding carboxylic acids is 2. The molecule has 0 unspecified atom stereocenters. The zero-order chi connectivity index (χ0) is 18.4. The molecule has 0 saturated carbocycles. The van der Waals surface area contributed by atoms with E-state index in [1.54, 1.807) is 18.2 Å². The Morgan fingerprint density at radius 3 is 2.72 bits per heavy atom. The topological polar surface area (TPSA) is 64.6 Å². The van der Waals surface area contributed by atoms with Crippen LogP contribution in [0.4, 0.5) is 10.1 Å². The third-order valence-electron chi connectivity index (χ3n) is 3.18. The van der Waals surface area contributed by atoms with E-state index in [0.717, 1.165) is 11.6 Å². The van der Waals surface area contributed by atoms with Crippen LogP contribution >= 0.6 is 11.6 Å². The first kappa shape index (κ1) is 18.7. The fraction of sp³-hybridized carbons (Fsp3) is 0.222. The highest BCUT2D eigenvalue weighted by Crippen LogP contribution is 2.19. The van der Waals surface area contributed by atoms with E-state index in [2.05, 4.69) is 5.32 Å². The number of aryl methyl sites for hydroxylation is 1. The van der Waals surface area contributed by atoms with Gasteiger partial charge in [-0.1, -0.05) is 23.7 Å². The van der Waals surface area contributed by atoms with E-state index in [0.29, 0.717) is 5.75 Å². The molecule has 5 nitrogen and oxygen atoms in total. The number of hydrogen-bond acceptors (Lipinski definition) is 4. The summed E-state index contributed by atoms with van der Waals surface area (Å²) in [6.07, 6.45) is -0.891. The quantitative estimate of drug-likeness (QED) is 0.792. The van der Waals surface area contributed by atoms with Crippen molar-refractivity contribution in [3.63, 3.8) is 0 Å². The number of anilines is 1. The van der Waals surface area contributed by atoms with E-state index in [4.69, 9.17) is 21.1 Å². The largest absolute Gasteiger partial charge is 0.479 e. The van der Waals surface area contributed by atoms with Crippen molar-refractivity contribution in [2.45, 2.75) is 20.0 Å². The van der Waals surface area contributed by atoms with Crippen molar-refractivity contribution in [3.8, 4) is 5.75 Å². The van der Waals surface area contributed by atoms with Crippen LogP contribution in [0.25, 0.3) is 0 Å². The summed E-state index contributed by atoms with van der Waals surface area (Å²) in [5.74, 6) is -1.50. The average Bonchev–Trinajstić information content (AvgIpc) is 2.56. The second-order valence-corrected chi connectivity index (χ2v) is 5.79. The van der Waals surface area contributed by atoms with Gasteiger partial charge in [0, 0.05) is 5.02 Å². The molecule has 2 aromatic rings. The zero-order valence-corrected chi connectivity index (χ0v) is 14.5. The van der Waals surface area contributed by atoms with Gasteiger partial charge in [-0.3, -0.25) is 4.79 Å². The van der Waals surface area contributed by atoms with E-state index in [9.17, 15) is 14.0 Å². The van der Waals surface area contributed by atoms with Gasteiger partial charge < -0.3 is 14.8 Å². The van der Waals surface area contributed by atoms with Gasteiger partial charge in [-0.25, -0.2) is 9.18 Å². The lowest BCUT2D eigenvalue weighted by atomic mass is 10.2. The van der Waals surface area contributed by atoms with Gasteiger partial charge in [-0.2, -0.15) is 0 Å². The Labute approximate surface area is 149 Å². The number of ether oxygens (including phenoxy) is 2. The SMILES string of the molecule is Cc1cccc(O[C@H](C)C(=O)OCC(=O)Nc2cc(Cl)ccc2F)c1. The number of amides is 1. The Kier molecular flexibility index (Phi) is 6.36. The minimum absolute atomic E-state index is 0.0855. The summed E-state index contributed by atoms with van der Waals surface area (Å²) < 4.78 is 23.9.